The fourth-order valence-corrected chi connectivity index (χ4v) is 2.94. The molecule has 1 aromatic carbocycles. The van der Waals surface area contributed by atoms with Gasteiger partial charge in [-0.25, -0.2) is 4.39 Å². The van der Waals surface area contributed by atoms with Crippen LogP contribution < -0.4 is 10.1 Å². The minimum Gasteiger partial charge on any atom is -0.480 e. The van der Waals surface area contributed by atoms with Crippen LogP contribution in [0.1, 0.15) is 37.7 Å². The number of anilines is 1. The summed E-state index contributed by atoms with van der Waals surface area (Å²) in [5, 5.41) is 2.82. The van der Waals surface area contributed by atoms with E-state index in [1.807, 2.05) is 6.08 Å². The smallest absolute Gasteiger partial charge is 0.262 e. The number of ether oxygens (including phenoxy) is 1. The lowest BCUT2D eigenvalue weighted by Gasteiger charge is -2.21. The summed E-state index contributed by atoms with van der Waals surface area (Å²) < 4.78 is 19.7. The summed E-state index contributed by atoms with van der Waals surface area (Å²) in [5.41, 5.74) is 1.70. The highest BCUT2D eigenvalue weighted by Gasteiger charge is 2.24. The Morgan fingerprint density at radius 3 is 2.80 bits per heavy atom. The minimum absolute atomic E-state index is 0.0522. The highest BCUT2D eigenvalue weighted by Crippen LogP contribution is 2.40. The predicted octanol–water partition coefficient (Wildman–Crippen LogP) is 4.16. The van der Waals surface area contributed by atoms with Gasteiger partial charge in [0.1, 0.15) is 5.69 Å². The summed E-state index contributed by atoms with van der Waals surface area (Å²) >= 11 is 6.11. The molecule has 3 nitrogen and oxygen atoms in total. The second-order valence-electron chi connectivity index (χ2n) is 5.17. The Morgan fingerprint density at radius 2 is 2.05 bits per heavy atom. The maximum Gasteiger partial charge on any atom is 0.262 e. The second-order valence-corrected chi connectivity index (χ2v) is 5.57. The number of carbonyl (C=O) groups is 1. The zero-order chi connectivity index (χ0) is 14.1. The summed E-state index contributed by atoms with van der Waals surface area (Å²) in [6.45, 7) is -0.132. The predicted molar refractivity (Wildman–Crippen MR) is 76.6 cm³/mol. The number of rotatable bonds is 1. The lowest BCUT2D eigenvalue weighted by atomic mass is 9.93. The number of amides is 1. The molecule has 0 spiro atoms. The molecule has 1 N–H and O–H groups in total. The molecule has 1 amide bonds. The van der Waals surface area contributed by atoms with E-state index in [2.05, 4.69) is 5.32 Å². The van der Waals surface area contributed by atoms with Crippen molar-refractivity contribution in [3.8, 4) is 5.75 Å². The number of halogens is 2. The first kappa shape index (κ1) is 13.4. The van der Waals surface area contributed by atoms with Crippen molar-refractivity contribution in [1.29, 1.82) is 0 Å². The van der Waals surface area contributed by atoms with Gasteiger partial charge in [-0.1, -0.05) is 29.7 Å². The van der Waals surface area contributed by atoms with Gasteiger partial charge in [0.2, 0.25) is 0 Å². The Morgan fingerprint density at radius 1 is 1.30 bits per heavy atom. The highest BCUT2D eigenvalue weighted by molar-refractivity contribution is 6.33. The number of hydrogen-bond acceptors (Lipinski definition) is 2. The van der Waals surface area contributed by atoms with Crippen molar-refractivity contribution < 1.29 is 13.9 Å². The summed E-state index contributed by atoms with van der Waals surface area (Å²) in [6.07, 6.45) is 7.36. The van der Waals surface area contributed by atoms with Crippen LogP contribution >= 0.6 is 11.6 Å². The molecule has 5 heteroatoms. The van der Waals surface area contributed by atoms with Gasteiger partial charge < -0.3 is 10.1 Å². The number of allylic oxidation sites excluding steroid dienone is 1. The van der Waals surface area contributed by atoms with Crippen LogP contribution in [-0.4, -0.2) is 12.5 Å². The van der Waals surface area contributed by atoms with Crippen LogP contribution in [0.5, 0.6) is 5.75 Å². The van der Waals surface area contributed by atoms with Crippen molar-refractivity contribution in [2.24, 2.45) is 0 Å². The molecular weight excluding hydrogens is 281 g/mol. The van der Waals surface area contributed by atoms with Crippen LogP contribution in [0.15, 0.2) is 11.6 Å². The number of benzene rings is 1. The Labute approximate surface area is 121 Å². The van der Waals surface area contributed by atoms with Gasteiger partial charge in [-0.2, -0.15) is 0 Å². The molecule has 0 radical (unpaired) electrons. The molecule has 0 aromatic heterocycles. The van der Waals surface area contributed by atoms with E-state index in [1.54, 1.807) is 6.07 Å². The maximum atomic E-state index is 14.5. The molecule has 2 aliphatic rings. The zero-order valence-corrected chi connectivity index (χ0v) is 11.7. The Hall–Kier alpha value is -1.55. The van der Waals surface area contributed by atoms with Crippen molar-refractivity contribution >= 4 is 29.3 Å². The standard InChI is InChI=1S/C15H15ClFNO2/c16-11-7-10(6-9-4-2-1-3-5-9)13(17)14-15(11)20-8-12(19)18-14/h6-7H,1-5,8H2,(H,18,19). The minimum atomic E-state index is -0.476. The van der Waals surface area contributed by atoms with Gasteiger partial charge in [-0.3, -0.25) is 4.79 Å². The first-order chi connectivity index (χ1) is 9.65. The van der Waals surface area contributed by atoms with E-state index in [1.165, 1.54) is 12.0 Å². The van der Waals surface area contributed by atoms with Crippen molar-refractivity contribution in [2.75, 3.05) is 11.9 Å². The monoisotopic (exact) mass is 295 g/mol. The SMILES string of the molecule is O=C1COc2c(Cl)cc(C=C3CCCCC3)c(F)c2N1. The molecule has 106 valence electrons. The third-order valence-corrected chi connectivity index (χ3v) is 3.95. The summed E-state index contributed by atoms with van der Waals surface area (Å²) in [4.78, 5) is 11.3. The van der Waals surface area contributed by atoms with Gasteiger partial charge in [0.15, 0.2) is 18.2 Å². The van der Waals surface area contributed by atoms with E-state index < -0.39 is 5.82 Å². The summed E-state index contributed by atoms with van der Waals surface area (Å²) in [7, 11) is 0. The van der Waals surface area contributed by atoms with Crippen LogP contribution in [0.2, 0.25) is 5.02 Å². The summed E-state index contributed by atoms with van der Waals surface area (Å²) in [6, 6.07) is 1.56. The molecule has 0 saturated heterocycles. The normalized spacial score (nSPS) is 18.1. The van der Waals surface area contributed by atoms with E-state index >= 15 is 0 Å². The highest BCUT2D eigenvalue weighted by atomic mass is 35.5. The number of fused-ring (bicyclic) bond motifs is 1. The van der Waals surface area contributed by atoms with Crippen molar-refractivity contribution in [1.82, 2.24) is 0 Å². The van der Waals surface area contributed by atoms with Crippen LogP contribution in [0.25, 0.3) is 6.08 Å². The average molecular weight is 296 g/mol. The second kappa shape index (κ2) is 5.44. The van der Waals surface area contributed by atoms with Gasteiger partial charge in [0.05, 0.1) is 5.02 Å². The van der Waals surface area contributed by atoms with E-state index in [0.717, 1.165) is 25.7 Å². The summed E-state index contributed by atoms with van der Waals surface area (Å²) in [5.74, 6) is -0.625. The van der Waals surface area contributed by atoms with E-state index in [4.69, 9.17) is 16.3 Å². The number of nitrogens with one attached hydrogen (secondary N) is 1. The van der Waals surface area contributed by atoms with Gasteiger partial charge in [-0.05, 0) is 31.7 Å². The van der Waals surface area contributed by atoms with Gasteiger partial charge >= 0.3 is 0 Å². The molecule has 1 saturated carbocycles. The number of carbonyl (C=O) groups excluding carboxylic acids is 1. The molecule has 3 rings (SSSR count). The van der Waals surface area contributed by atoms with E-state index in [-0.39, 0.29) is 24.0 Å². The molecule has 0 bridgehead atoms. The molecule has 0 unspecified atom stereocenters. The molecule has 1 aliphatic heterocycles. The lowest BCUT2D eigenvalue weighted by Crippen LogP contribution is -2.26. The molecule has 1 heterocycles. The van der Waals surface area contributed by atoms with E-state index in [0.29, 0.717) is 10.6 Å². The van der Waals surface area contributed by atoms with Gasteiger partial charge in [0.25, 0.3) is 5.91 Å². The molecule has 1 aromatic rings. The van der Waals surface area contributed by atoms with Crippen LogP contribution in [0.3, 0.4) is 0 Å². The molecule has 0 atom stereocenters. The quantitative estimate of drug-likeness (QED) is 0.845. The molecule has 20 heavy (non-hydrogen) atoms. The zero-order valence-electron chi connectivity index (χ0n) is 11.0. The topological polar surface area (TPSA) is 38.3 Å². The third-order valence-electron chi connectivity index (χ3n) is 3.67. The molecule has 1 aliphatic carbocycles. The van der Waals surface area contributed by atoms with Crippen molar-refractivity contribution in [2.45, 2.75) is 32.1 Å². The lowest BCUT2D eigenvalue weighted by molar-refractivity contribution is -0.118. The Bertz CT molecular complexity index is 590. The Kier molecular flexibility index (Phi) is 3.66. The largest absolute Gasteiger partial charge is 0.480 e. The first-order valence-corrected chi connectivity index (χ1v) is 7.17. The first-order valence-electron chi connectivity index (χ1n) is 6.79. The fraction of sp³-hybridized carbons (Fsp3) is 0.400. The Balaban J connectivity index is 2.02. The molecular formula is C15H15ClFNO2. The average Bonchev–Trinajstić information content (AvgIpc) is 2.45. The van der Waals surface area contributed by atoms with Crippen molar-refractivity contribution in [3.63, 3.8) is 0 Å². The van der Waals surface area contributed by atoms with Gasteiger partial charge in [0, 0.05) is 5.56 Å². The molecule has 1 fully saturated rings. The maximum absolute atomic E-state index is 14.5. The van der Waals surface area contributed by atoms with Crippen LogP contribution in [0, 0.1) is 5.82 Å². The number of hydrogen-bond donors (Lipinski definition) is 1. The van der Waals surface area contributed by atoms with E-state index in [9.17, 15) is 9.18 Å². The fourth-order valence-electron chi connectivity index (χ4n) is 2.67. The van der Waals surface area contributed by atoms with Crippen LogP contribution in [-0.2, 0) is 4.79 Å². The third kappa shape index (κ3) is 2.52. The van der Waals surface area contributed by atoms with Crippen molar-refractivity contribution in [3.05, 3.63) is 28.0 Å². The van der Waals surface area contributed by atoms with Crippen LogP contribution in [0.4, 0.5) is 10.1 Å². The van der Waals surface area contributed by atoms with Gasteiger partial charge in [-0.15, -0.1) is 0 Å².